The highest BCUT2D eigenvalue weighted by Gasteiger charge is 2.35. The molecular weight excluding hydrogens is 364 g/mol. The van der Waals surface area contributed by atoms with E-state index in [-0.39, 0.29) is 18.4 Å². The molecule has 1 heterocycles. The normalized spacial score (nSPS) is 21.2. The highest BCUT2D eigenvalue weighted by atomic mass is 16.5. The van der Waals surface area contributed by atoms with Crippen molar-refractivity contribution in [3.63, 3.8) is 0 Å². The van der Waals surface area contributed by atoms with Gasteiger partial charge in [-0.25, -0.2) is 0 Å². The molecule has 2 fully saturated rings. The van der Waals surface area contributed by atoms with Crippen LogP contribution in [0.1, 0.15) is 48.9 Å². The van der Waals surface area contributed by atoms with E-state index in [9.17, 15) is 9.59 Å². The van der Waals surface area contributed by atoms with Crippen molar-refractivity contribution in [2.45, 2.75) is 44.6 Å². The van der Waals surface area contributed by atoms with E-state index in [1.54, 1.807) is 18.2 Å². The number of benzene rings is 2. The van der Waals surface area contributed by atoms with Crippen LogP contribution in [0.3, 0.4) is 0 Å². The number of likely N-dealkylation sites (tertiary alicyclic amines) is 1. The van der Waals surface area contributed by atoms with Gasteiger partial charge in [-0.2, -0.15) is 0 Å². The first kappa shape index (κ1) is 19.5. The van der Waals surface area contributed by atoms with Gasteiger partial charge in [-0.05, 0) is 55.9 Å². The maximum atomic E-state index is 12.9. The third kappa shape index (κ3) is 4.61. The second kappa shape index (κ2) is 9.12. The van der Waals surface area contributed by atoms with Crippen molar-refractivity contribution in [3.05, 3.63) is 60.2 Å². The van der Waals surface area contributed by atoms with E-state index in [1.807, 2.05) is 41.3 Å². The minimum atomic E-state index is -0.246. The van der Waals surface area contributed by atoms with E-state index >= 15 is 0 Å². The molecule has 2 atom stereocenters. The number of hydrogen-bond donors (Lipinski definition) is 1. The van der Waals surface area contributed by atoms with E-state index in [4.69, 9.17) is 4.74 Å². The molecule has 5 heteroatoms. The minimum absolute atomic E-state index is 0.0277. The summed E-state index contributed by atoms with van der Waals surface area (Å²) in [5, 5.41) is 2.87. The maximum Gasteiger partial charge on any atom is 0.260 e. The van der Waals surface area contributed by atoms with Crippen LogP contribution < -0.4 is 10.1 Å². The Morgan fingerprint density at radius 1 is 0.931 bits per heavy atom. The zero-order chi connectivity index (χ0) is 20.1. The number of ether oxygens (including phenoxy) is 1. The summed E-state index contributed by atoms with van der Waals surface area (Å²) in [6, 6.07) is 16.7. The summed E-state index contributed by atoms with van der Waals surface area (Å²) in [5.41, 5.74) is 1.15. The van der Waals surface area contributed by atoms with Gasteiger partial charge in [0, 0.05) is 18.3 Å². The number of para-hydroxylation sites is 2. The third-order valence-corrected chi connectivity index (χ3v) is 6.08. The summed E-state index contributed by atoms with van der Waals surface area (Å²) in [6.07, 6.45) is 7.13. The average Bonchev–Trinajstić information content (AvgIpc) is 2.78. The molecule has 2 aliphatic rings. The molecule has 1 saturated heterocycles. The van der Waals surface area contributed by atoms with Crippen LogP contribution in [0.2, 0.25) is 0 Å². The van der Waals surface area contributed by atoms with Crippen LogP contribution in [-0.2, 0) is 4.79 Å². The number of rotatable bonds is 5. The topological polar surface area (TPSA) is 58.6 Å². The van der Waals surface area contributed by atoms with Crippen molar-refractivity contribution in [1.29, 1.82) is 0 Å². The van der Waals surface area contributed by atoms with Crippen LogP contribution in [0.25, 0.3) is 0 Å². The molecule has 1 N–H and O–H groups in total. The van der Waals surface area contributed by atoms with Crippen LogP contribution in [0, 0.1) is 5.92 Å². The van der Waals surface area contributed by atoms with E-state index in [0.717, 1.165) is 25.1 Å². The number of carbonyl (C=O) groups excluding carboxylic acids is 2. The first-order valence-corrected chi connectivity index (χ1v) is 10.6. The largest absolute Gasteiger partial charge is 0.483 e. The number of carbonyl (C=O) groups is 2. The van der Waals surface area contributed by atoms with Crippen LogP contribution >= 0.6 is 0 Å². The van der Waals surface area contributed by atoms with E-state index in [0.29, 0.717) is 23.3 Å². The Morgan fingerprint density at radius 3 is 2.52 bits per heavy atom. The van der Waals surface area contributed by atoms with Crippen molar-refractivity contribution in [2.24, 2.45) is 5.92 Å². The summed E-state index contributed by atoms with van der Waals surface area (Å²) in [6.45, 7) is 0.790. The lowest BCUT2D eigenvalue weighted by atomic mass is 9.78. The third-order valence-electron chi connectivity index (χ3n) is 6.08. The quantitative estimate of drug-likeness (QED) is 0.815. The average molecular weight is 392 g/mol. The molecule has 0 radical (unpaired) electrons. The Labute approximate surface area is 172 Å². The van der Waals surface area contributed by atoms with E-state index < -0.39 is 0 Å². The second-order valence-corrected chi connectivity index (χ2v) is 7.95. The summed E-state index contributed by atoms with van der Waals surface area (Å²) < 4.78 is 5.84. The standard InChI is InChI=1S/C24H28N2O3/c27-23(26-16-8-10-18-9-4-6-14-21(18)26)17-29-22-15-7-5-13-20(22)24(28)25-19-11-2-1-3-12-19/h1-3,5,7,11-13,15,18,21H,4,6,8-10,14,16-17H2,(H,25,28)/t18-,21-/m0/s1. The lowest BCUT2D eigenvalue weighted by Crippen LogP contribution is -2.51. The molecule has 1 saturated carbocycles. The number of anilines is 1. The number of hydrogen-bond acceptors (Lipinski definition) is 3. The SMILES string of the molecule is O=C(Nc1ccccc1)c1ccccc1OCC(=O)N1CCC[C@@H]2CCCC[C@@H]21. The summed E-state index contributed by atoms with van der Waals surface area (Å²) >= 11 is 0. The zero-order valence-electron chi connectivity index (χ0n) is 16.7. The Kier molecular flexibility index (Phi) is 6.13. The van der Waals surface area contributed by atoms with E-state index in [1.165, 1.54) is 25.7 Å². The Hall–Kier alpha value is -2.82. The molecule has 0 spiro atoms. The van der Waals surface area contributed by atoms with Crippen LogP contribution in [0.5, 0.6) is 5.75 Å². The van der Waals surface area contributed by atoms with Gasteiger partial charge in [0.2, 0.25) is 0 Å². The lowest BCUT2D eigenvalue weighted by Gasteiger charge is -2.44. The molecule has 2 amide bonds. The molecule has 1 aliphatic carbocycles. The molecule has 29 heavy (non-hydrogen) atoms. The molecular formula is C24H28N2O3. The van der Waals surface area contributed by atoms with Gasteiger partial charge in [0.25, 0.3) is 11.8 Å². The first-order chi connectivity index (χ1) is 14.2. The summed E-state index contributed by atoms with van der Waals surface area (Å²) in [5.74, 6) is 0.862. The van der Waals surface area contributed by atoms with Gasteiger partial charge in [0.15, 0.2) is 6.61 Å². The van der Waals surface area contributed by atoms with Crippen molar-refractivity contribution in [2.75, 3.05) is 18.5 Å². The Bertz CT molecular complexity index is 850. The molecule has 2 aromatic carbocycles. The van der Waals surface area contributed by atoms with Gasteiger partial charge in [-0.3, -0.25) is 9.59 Å². The molecule has 0 unspecified atom stereocenters. The van der Waals surface area contributed by atoms with Crippen molar-refractivity contribution < 1.29 is 14.3 Å². The van der Waals surface area contributed by atoms with Gasteiger partial charge in [-0.1, -0.05) is 43.2 Å². The van der Waals surface area contributed by atoms with Crippen LogP contribution in [0.4, 0.5) is 5.69 Å². The molecule has 0 aromatic heterocycles. The fraction of sp³-hybridized carbons (Fsp3) is 0.417. The monoisotopic (exact) mass is 392 g/mol. The summed E-state index contributed by atoms with van der Waals surface area (Å²) in [4.78, 5) is 27.6. The van der Waals surface area contributed by atoms with Crippen LogP contribution in [0.15, 0.2) is 54.6 Å². The van der Waals surface area contributed by atoms with Gasteiger partial charge in [-0.15, -0.1) is 0 Å². The molecule has 2 aromatic rings. The van der Waals surface area contributed by atoms with Crippen LogP contribution in [-0.4, -0.2) is 35.9 Å². The van der Waals surface area contributed by atoms with E-state index in [2.05, 4.69) is 5.32 Å². The fourth-order valence-electron chi connectivity index (χ4n) is 4.66. The second-order valence-electron chi connectivity index (χ2n) is 7.95. The van der Waals surface area contributed by atoms with Crippen molar-refractivity contribution in [1.82, 2.24) is 4.90 Å². The van der Waals surface area contributed by atoms with Crippen molar-refractivity contribution >= 4 is 17.5 Å². The predicted octanol–water partition coefficient (Wildman–Crippen LogP) is 4.50. The number of fused-ring (bicyclic) bond motifs is 1. The maximum absolute atomic E-state index is 12.9. The highest BCUT2D eigenvalue weighted by Crippen LogP contribution is 2.35. The summed E-state index contributed by atoms with van der Waals surface area (Å²) in [7, 11) is 0. The Morgan fingerprint density at radius 2 is 1.66 bits per heavy atom. The lowest BCUT2D eigenvalue weighted by molar-refractivity contribution is -0.139. The molecule has 5 nitrogen and oxygen atoms in total. The fourth-order valence-corrected chi connectivity index (χ4v) is 4.66. The smallest absolute Gasteiger partial charge is 0.260 e. The number of nitrogens with zero attached hydrogens (tertiary/aromatic N) is 1. The molecule has 152 valence electrons. The molecule has 0 bridgehead atoms. The number of piperidine rings is 1. The zero-order valence-corrected chi connectivity index (χ0v) is 16.7. The Balaban J connectivity index is 1.41. The minimum Gasteiger partial charge on any atom is -0.483 e. The first-order valence-electron chi connectivity index (χ1n) is 10.6. The predicted molar refractivity (Wildman–Crippen MR) is 113 cm³/mol. The van der Waals surface area contributed by atoms with Gasteiger partial charge in [0.1, 0.15) is 5.75 Å². The molecule has 1 aliphatic heterocycles. The molecule has 4 rings (SSSR count). The number of nitrogens with one attached hydrogen (secondary N) is 1. The van der Waals surface area contributed by atoms with Gasteiger partial charge >= 0.3 is 0 Å². The van der Waals surface area contributed by atoms with Gasteiger partial charge in [0.05, 0.1) is 5.56 Å². The van der Waals surface area contributed by atoms with Gasteiger partial charge < -0.3 is 15.0 Å². The van der Waals surface area contributed by atoms with Crippen molar-refractivity contribution in [3.8, 4) is 5.75 Å². The number of amides is 2. The highest BCUT2D eigenvalue weighted by molar-refractivity contribution is 6.06.